The number of rotatable bonds is 6. The third kappa shape index (κ3) is 6.28. The molecule has 0 atom stereocenters. The van der Waals surface area contributed by atoms with Crippen LogP contribution >= 0.6 is 0 Å². The fraction of sp³-hybridized carbons (Fsp3) is 0. The van der Waals surface area contributed by atoms with Crippen molar-refractivity contribution in [3.8, 4) is 66.8 Å². The van der Waals surface area contributed by atoms with Crippen molar-refractivity contribution >= 4 is 80.0 Å². The molecule has 12 aromatic rings. The van der Waals surface area contributed by atoms with Crippen LogP contribution in [0.25, 0.3) is 121 Å². The van der Waals surface area contributed by atoms with E-state index in [0.717, 1.165) is 0 Å². The van der Waals surface area contributed by atoms with Crippen molar-refractivity contribution in [1.29, 1.82) is 0 Å². The van der Waals surface area contributed by atoms with E-state index in [1.165, 1.54) is 124 Å². The molecule has 0 aromatic heterocycles. The van der Waals surface area contributed by atoms with Gasteiger partial charge in [-0.3, -0.25) is 0 Å². The number of fused-ring (bicyclic) bond motifs is 6. The average Bonchev–Trinajstić information content (AvgIpc) is 3.35. The van der Waals surface area contributed by atoms with Crippen LogP contribution in [0, 0.1) is 0 Å². The molecule has 12 rings (SSSR count). The molecule has 0 aliphatic rings. The molecule has 0 unspecified atom stereocenters. The van der Waals surface area contributed by atoms with Crippen LogP contribution in [0.1, 0.15) is 0 Å². The van der Waals surface area contributed by atoms with Gasteiger partial charge in [-0.2, -0.15) is 0 Å². The topological polar surface area (TPSA) is 0 Å². The van der Waals surface area contributed by atoms with E-state index < -0.39 is 0 Å². The van der Waals surface area contributed by atoms with Gasteiger partial charge in [-0.05, 0) is 0 Å². The molecule has 0 aliphatic carbocycles. The van der Waals surface area contributed by atoms with E-state index in [-0.39, 0.29) is 0 Å². The van der Waals surface area contributed by atoms with Crippen molar-refractivity contribution in [2.75, 3.05) is 0 Å². The molecule has 293 valence electrons. The Labute approximate surface area is 380 Å². The molecule has 0 amide bonds. The first kappa shape index (κ1) is 37.5. The second-order valence-corrected chi connectivity index (χ2v) is 18.6. The minimum atomic E-state index is 0.488. The van der Waals surface area contributed by atoms with Gasteiger partial charge in [0.25, 0.3) is 0 Å². The fourth-order valence-corrected chi connectivity index (χ4v) is 12.2. The Morgan fingerprint density at radius 1 is 0.206 bits per heavy atom. The minimum absolute atomic E-state index is 0.488. The van der Waals surface area contributed by atoms with E-state index in [9.17, 15) is 0 Å². The average molecular weight is 905 g/mol. The van der Waals surface area contributed by atoms with Gasteiger partial charge in [0.1, 0.15) is 0 Å². The fourth-order valence-electron chi connectivity index (χ4n) is 10.3. The van der Waals surface area contributed by atoms with Crippen LogP contribution in [0.15, 0.2) is 237 Å². The molecule has 0 bridgehead atoms. The van der Waals surface area contributed by atoms with Crippen molar-refractivity contribution in [1.82, 2.24) is 0 Å². The first-order valence-corrected chi connectivity index (χ1v) is 23.8. The second-order valence-electron chi connectivity index (χ2n) is 16.6. The standard InChI is InChI=1S/C62H39.Sn.2H/c1-7-21-41(22-8-1)52-39-51-40-55-53-37-49-35-47-33-19-20-34-48(47)36-50(49)38-54(53)57(43-25-11-3-12-26-43)59(45-29-15-5-16-30-45)62(55)60(46-31-17-6-18-32-46)61(51)58(44-27-13-4-14-28-44)56(52)42-23-9-2-10-24-42;;;/h1-38,40H;;;. The van der Waals surface area contributed by atoms with Crippen molar-refractivity contribution in [2.45, 2.75) is 0 Å². The molecule has 0 nitrogen and oxygen atoms in total. The van der Waals surface area contributed by atoms with E-state index in [2.05, 4.69) is 237 Å². The third-order valence-electron chi connectivity index (χ3n) is 13.0. The van der Waals surface area contributed by atoms with Crippen molar-refractivity contribution in [3.05, 3.63) is 237 Å². The molecule has 0 saturated carbocycles. The summed E-state index contributed by atoms with van der Waals surface area (Å²) in [6.45, 7) is 0. The monoisotopic (exact) mass is 905 g/mol. The van der Waals surface area contributed by atoms with Crippen LogP contribution in [0.5, 0.6) is 0 Å². The number of hydrogen-bond acceptors (Lipinski definition) is 0. The third-order valence-corrected chi connectivity index (χ3v) is 15.1. The van der Waals surface area contributed by atoms with E-state index in [4.69, 9.17) is 0 Å². The van der Waals surface area contributed by atoms with Gasteiger partial charge in [-0.25, -0.2) is 0 Å². The summed E-state index contributed by atoms with van der Waals surface area (Å²) in [7, 11) is 0. The van der Waals surface area contributed by atoms with Gasteiger partial charge in [-0.1, -0.05) is 0 Å². The molecule has 0 heterocycles. The zero-order valence-corrected chi connectivity index (χ0v) is 38.8. The molecular formula is C62H41Sn. The van der Waals surface area contributed by atoms with Crippen LogP contribution in [0.3, 0.4) is 0 Å². The Balaban J connectivity index is 1.42. The van der Waals surface area contributed by atoms with Crippen LogP contribution in [-0.4, -0.2) is 22.5 Å². The molecule has 0 N–H and O–H groups in total. The predicted octanol–water partition coefficient (Wildman–Crippen LogP) is 15.7. The number of hydrogen-bond donors (Lipinski definition) is 0. The molecule has 1 heteroatoms. The summed E-state index contributed by atoms with van der Waals surface area (Å²) < 4.78 is 1.44. The maximum atomic E-state index is 2.59. The molecule has 63 heavy (non-hydrogen) atoms. The van der Waals surface area contributed by atoms with E-state index in [1.807, 2.05) is 0 Å². The van der Waals surface area contributed by atoms with Crippen LogP contribution < -0.4 is 3.58 Å². The van der Waals surface area contributed by atoms with Gasteiger partial charge in [0.15, 0.2) is 0 Å². The maximum absolute atomic E-state index is 2.59. The molecule has 0 spiro atoms. The molecule has 0 saturated heterocycles. The zero-order chi connectivity index (χ0) is 41.9. The van der Waals surface area contributed by atoms with Gasteiger partial charge in [0.05, 0.1) is 0 Å². The molecule has 0 fully saturated rings. The van der Waals surface area contributed by atoms with Gasteiger partial charge in [0.2, 0.25) is 0 Å². The summed E-state index contributed by atoms with van der Waals surface area (Å²) >= 11 is 0.488. The second kappa shape index (κ2) is 15.6. The molecule has 1 radical (unpaired) electrons. The summed E-state index contributed by atoms with van der Waals surface area (Å²) in [6, 6.07) is 88.0. The van der Waals surface area contributed by atoms with Gasteiger partial charge in [0, 0.05) is 0 Å². The summed E-state index contributed by atoms with van der Waals surface area (Å²) in [5, 5.41) is 12.7. The summed E-state index contributed by atoms with van der Waals surface area (Å²) in [5.74, 6) is 0. The quantitative estimate of drug-likeness (QED) is 0.0886. The Hall–Kier alpha value is -7.26. The summed E-state index contributed by atoms with van der Waals surface area (Å²) in [5.41, 5.74) is 15.0. The van der Waals surface area contributed by atoms with E-state index in [0.29, 0.717) is 22.5 Å². The van der Waals surface area contributed by atoms with Crippen molar-refractivity contribution in [3.63, 3.8) is 0 Å². The normalized spacial score (nSPS) is 11.6. The first-order chi connectivity index (χ1) is 31.2. The van der Waals surface area contributed by atoms with Crippen LogP contribution in [0.2, 0.25) is 0 Å². The van der Waals surface area contributed by atoms with Crippen molar-refractivity contribution < 1.29 is 0 Å². The zero-order valence-electron chi connectivity index (χ0n) is 34.7. The van der Waals surface area contributed by atoms with Crippen molar-refractivity contribution in [2.24, 2.45) is 0 Å². The van der Waals surface area contributed by atoms with Gasteiger partial charge in [-0.15, -0.1) is 0 Å². The molecule has 12 aromatic carbocycles. The first-order valence-electron chi connectivity index (χ1n) is 21.8. The predicted molar refractivity (Wildman–Crippen MR) is 275 cm³/mol. The SMILES string of the molecule is [SnH2][c]1c(-c2ccccc2)c(-c2ccccc2)c(-c2ccccc2)c2c(-c3ccccc3)c3c(-c4ccccc4)c(-c4ccccc4)c4cc5cc6ccccc6cc5cc4c3cc12. The van der Waals surface area contributed by atoms with E-state index >= 15 is 0 Å². The molecule has 0 aliphatic heterocycles. The Kier molecular flexibility index (Phi) is 9.27. The van der Waals surface area contributed by atoms with Gasteiger partial charge >= 0.3 is 383 Å². The Morgan fingerprint density at radius 3 is 1.00 bits per heavy atom. The number of benzene rings is 12. The Bertz CT molecular complexity index is 3680. The molecular weight excluding hydrogens is 863 g/mol. The van der Waals surface area contributed by atoms with Crippen LogP contribution in [0.4, 0.5) is 0 Å². The summed E-state index contributed by atoms with van der Waals surface area (Å²) in [6.07, 6.45) is 0. The van der Waals surface area contributed by atoms with Gasteiger partial charge < -0.3 is 0 Å². The van der Waals surface area contributed by atoms with Crippen LogP contribution in [-0.2, 0) is 0 Å². The summed E-state index contributed by atoms with van der Waals surface area (Å²) in [4.78, 5) is 0. The van der Waals surface area contributed by atoms with E-state index in [1.54, 1.807) is 0 Å². The Morgan fingerprint density at radius 2 is 0.540 bits per heavy atom.